The number of nitrogens with zero attached hydrogens (tertiary/aromatic N) is 3. The van der Waals surface area contributed by atoms with Gasteiger partial charge in [-0.2, -0.15) is 0 Å². The number of rotatable bonds is 5. The highest BCUT2D eigenvalue weighted by atomic mass is 35.5. The average molecular weight is 503 g/mol. The molecule has 1 aromatic carbocycles. The first-order valence-corrected chi connectivity index (χ1v) is 12.5. The maximum absolute atomic E-state index is 13.8. The lowest BCUT2D eigenvalue weighted by molar-refractivity contribution is -0.137. The van der Waals surface area contributed by atoms with Gasteiger partial charge in [-0.05, 0) is 37.8 Å². The van der Waals surface area contributed by atoms with Crippen LogP contribution in [0.25, 0.3) is 0 Å². The van der Waals surface area contributed by atoms with Crippen LogP contribution < -0.4 is 5.32 Å². The van der Waals surface area contributed by atoms with Gasteiger partial charge in [0.15, 0.2) is 10.8 Å². The largest absolute Gasteiger partial charge is 0.466 e. The Morgan fingerprint density at radius 1 is 1.24 bits per heavy atom. The van der Waals surface area contributed by atoms with Gasteiger partial charge >= 0.3 is 5.97 Å². The summed E-state index contributed by atoms with van der Waals surface area (Å²) in [5, 5.41) is 6.06. The van der Waals surface area contributed by atoms with Crippen molar-refractivity contribution in [2.75, 3.05) is 20.2 Å². The lowest BCUT2D eigenvalue weighted by Gasteiger charge is -2.36. The van der Waals surface area contributed by atoms with Crippen LogP contribution in [0.4, 0.5) is 4.39 Å². The fourth-order valence-electron chi connectivity index (χ4n) is 4.60. The van der Waals surface area contributed by atoms with E-state index in [9.17, 15) is 14.0 Å². The Hall–Kier alpha value is -2.78. The van der Waals surface area contributed by atoms with Crippen LogP contribution in [0.1, 0.15) is 42.3 Å². The molecule has 7 nitrogen and oxygen atoms in total. The molecule has 1 saturated heterocycles. The fraction of sp³-hybridized carbons (Fsp3) is 0.417. The Morgan fingerprint density at radius 2 is 2.00 bits per heavy atom. The van der Waals surface area contributed by atoms with Crippen molar-refractivity contribution in [1.29, 1.82) is 0 Å². The third kappa shape index (κ3) is 4.46. The smallest absolute Gasteiger partial charge is 0.338 e. The molecule has 34 heavy (non-hydrogen) atoms. The highest BCUT2D eigenvalue weighted by Gasteiger charge is 2.39. The quantitative estimate of drug-likeness (QED) is 0.622. The molecule has 1 unspecified atom stereocenters. The number of amides is 1. The number of allylic oxidation sites excluding steroid dienone is 1. The number of hydrogen-bond donors (Lipinski definition) is 1. The summed E-state index contributed by atoms with van der Waals surface area (Å²) >= 11 is 7.83. The van der Waals surface area contributed by atoms with E-state index in [0.717, 1.165) is 12.8 Å². The predicted molar refractivity (Wildman–Crippen MR) is 127 cm³/mol. The number of aromatic nitrogens is 1. The number of methoxy groups -OCH3 is 1. The molecule has 3 heterocycles. The number of benzene rings is 1. The van der Waals surface area contributed by atoms with Crippen LogP contribution in [0.2, 0.25) is 5.02 Å². The SMILES string of the molecule is COC(=O)C1=C(C2CCN(C(=O)C3CC3)CC2)NC(c2nccs2)=NC1c1ccc(F)cc1Cl. The van der Waals surface area contributed by atoms with Crippen LogP contribution in [0.3, 0.4) is 0 Å². The zero-order valence-electron chi connectivity index (χ0n) is 18.6. The summed E-state index contributed by atoms with van der Waals surface area (Å²) in [4.78, 5) is 36.7. The first kappa shape index (κ1) is 23.0. The molecule has 2 aliphatic heterocycles. The van der Waals surface area contributed by atoms with E-state index in [0.29, 0.717) is 53.6 Å². The van der Waals surface area contributed by atoms with Crippen LogP contribution in [0, 0.1) is 17.7 Å². The van der Waals surface area contributed by atoms with Crippen molar-refractivity contribution in [3.63, 3.8) is 0 Å². The minimum atomic E-state index is -0.776. The molecule has 1 N–H and O–H groups in total. The lowest BCUT2D eigenvalue weighted by Crippen LogP contribution is -2.43. The zero-order chi connectivity index (χ0) is 23.8. The van der Waals surface area contributed by atoms with Crippen LogP contribution in [0.5, 0.6) is 0 Å². The molecule has 1 aliphatic carbocycles. The van der Waals surface area contributed by atoms with Gasteiger partial charge in [-0.15, -0.1) is 11.3 Å². The van der Waals surface area contributed by atoms with Crippen molar-refractivity contribution in [1.82, 2.24) is 15.2 Å². The summed E-state index contributed by atoms with van der Waals surface area (Å²) in [6.07, 6.45) is 5.05. The number of ether oxygens (including phenoxy) is 1. The summed E-state index contributed by atoms with van der Waals surface area (Å²) < 4.78 is 18.9. The Bertz CT molecular complexity index is 1170. The van der Waals surface area contributed by atoms with E-state index in [1.807, 2.05) is 10.3 Å². The van der Waals surface area contributed by atoms with Gasteiger partial charge in [0.1, 0.15) is 11.9 Å². The fourth-order valence-corrected chi connectivity index (χ4v) is 5.45. The van der Waals surface area contributed by atoms with E-state index in [2.05, 4.69) is 10.3 Å². The first-order valence-electron chi connectivity index (χ1n) is 11.3. The summed E-state index contributed by atoms with van der Waals surface area (Å²) in [7, 11) is 1.33. The first-order chi connectivity index (χ1) is 16.5. The molecule has 2 aromatic rings. The Morgan fingerprint density at radius 3 is 2.62 bits per heavy atom. The second-order valence-electron chi connectivity index (χ2n) is 8.70. The van der Waals surface area contributed by atoms with Crippen molar-refractivity contribution in [2.45, 2.75) is 31.7 Å². The van der Waals surface area contributed by atoms with E-state index in [-0.39, 0.29) is 22.8 Å². The van der Waals surface area contributed by atoms with Crippen molar-refractivity contribution < 1.29 is 18.7 Å². The summed E-state index contributed by atoms with van der Waals surface area (Å²) in [6.45, 7) is 1.26. The normalized spacial score (nSPS) is 21.2. The topological polar surface area (TPSA) is 83.9 Å². The van der Waals surface area contributed by atoms with E-state index in [1.54, 1.807) is 12.3 Å². The number of likely N-dealkylation sites (tertiary alicyclic amines) is 1. The van der Waals surface area contributed by atoms with Gasteiger partial charge in [0.25, 0.3) is 0 Å². The highest BCUT2D eigenvalue weighted by molar-refractivity contribution is 7.11. The number of nitrogens with one attached hydrogen (secondary N) is 1. The van der Waals surface area contributed by atoms with E-state index in [1.165, 1.54) is 30.6 Å². The predicted octanol–water partition coefficient (Wildman–Crippen LogP) is 4.10. The molecule has 0 spiro atoms. The minimum absolute atomic E-state index is 0.00969. The second-order valence-corrected chi connectivity index (χ2v) is 10.0. The molecule has 1 amide bonds. The van der Waals surface area contributed by atoms with E-state index in [4.69, 9.17) is 21.3 Å². The molecular weight excluding hydrogens is 479 g/mol. The number of thiazole rings is 1. The summed E-state index contributed by atoms with van der Waals surface area (Å²) in [5.74, 6) is -0.0557. The molecule has 178 valence electrons. The number of carbonyl (C=O) groups is 2. The number of halogens is 2. The molecule has 1 aromatic heterocycles. The van der Waals surface area contributed by atoms with Gasteiger partial charge in [-0.3, -0.25) is 9.79 Å². The van der Waals surface area contributed by atoms with Gasteiger partial charge in [-0.25, -0.2) is 14.2 Å². The maximum atomic E-state index is 13.8. The van der Waals surface area contributed by atoms with Crippen LogP contribution in [-0.2, 0) is 14.3 Å². The highest BCUT2D eigenvalue weighted by Crippen LogP contribution is 2.40. The molecule has 3 aliphatic rings. The molecule has 0 bridgehead atoms. The molecule has 1 atom stereocenters. The van der Waals surface area contributed by atoms with Gasteiger partial charge in [0, 0.05) is 52.8 Å². The molecular formula is C24H24ClFN4O3S. The number of carbonyl (C=O) groups excluding carboxylic acids is 2. The van der Waals surface area contributed by atoms with Crippen LogP contribution in [-0.4, -0.2) is 47.8 Å². The summed E-state index contributed by atoms with van der Waals surface area (Å²) in [5.41, 5.74) is 1.57. The van der Waals surface area contributed by atoms with Gasteiger partial charge in [0.2, 0.25) is 5.91 Å². The standard InChI is InChI=1S/C24H24ClFN4O3S/c1-33-24(32)18-19(13-6-9-30(10-7-13)23(31)14-2-3-14)28-21(22-27-8-11-34-22)29-20(18)16-5-4-15(26)12-17(16)25/h4-5,8,11-14,20H,2-3,6-7,9-10H2,1H3,(H,28,29). The van der Waals surface area contributed by atoms with Crippen molar-refractivity contribution in [3.05, 3.63) is 62.5 Å². The zero-order valence-corrected chi connectivity index (χ0v) is 20.2. The van der Waals surface area contributed by atoms with Crippen molar-refractivity contribution >= 4 is 40.6 Å². The number of piperidine rings is 1. The summed E-state index contributed by atoms with van der Waals surface area (Å²) in [6, 6.07) is 3.29. The van der Waals surface area contributed by atoms with Crippen LogP contribution >= 0.6 is 22.9 Å². The lowest BCUT2D eigenvalue weighted by atomic mass is 9.85. The van der Waals surface area contributed by atoms with Gasteiger partial charge in [-0.1, -0.05) is 17.7 Å². The van der Waals surface area contributed by atoms with Crippen LogP contribution in [0.15, 0.2) is 46.0 Å². The molecule has 10 heteroatoms. The Labute approximate surface area is 205 Å². The van der Waals surface area contributed by atoms with Gasteiger partial charge in [0.05, 0.1) is 12.7 Å². The second kappa shape index (κ2) is 9.46. The maximum Gasteiger partial charge on any atom is 0.338 e. The number of hydrogen-bond acceptors (Lipinski definition) is 7. The average Bonchev–Trinajstić information content (AvgIpc) is 3.56. The minimum Gasteiger partial charge on any atom is -0.466 e. The third-order valence-electron chi connectivity index (χ3n) is 6.51. The van der Waals surface area contributed by atoms with Crippen molar-refractivity contribution in [2.24, 2.45) is 16.8 Å². The number of esters is 1. The number of amidine groups is 1. The molecule has 0 radical (unpaired) electrons. The van der Waals surface area contributed by atoms with Crippen molar-refractivity contribution in [3.8, 4) is 0 Å². The van der Waals surface area contributed by atoms with E-state index >= 15 is 0 Å². The Balaban J connectivity index is 1.54. The molecule has 5 rings (SSSR count). The molecule has 1 saturated carbocycles. The third-order valence-corrected chi connectivity index (χ3v) is 7.62. The molecule has 2 fully saturated rings. The van der Waals surface area contributed by atoms with E-state index < -0.39 is 17.8 Å². The monoisotopic (exact) mass is 502 g/mol. The number of aliphatic imine (C=N–C) groups is 1. The Kier molecular flexibility index (Phi) is 6.40. The van der Waals surface area contributed by atoms with Gasteiger partial charge < -0.3 is 15.0 Å².